The first kappa shape index (κ1) is 10.8. The molecule has 1 fully saturated rings. The average Bonchev–Trinajstić information content (AvgIpc) is 2.86. The third-order valence-electron chi connectivity index (χ3n) is 3.38. The Kier molecular flexibility index (Phi) is 2.43. The number of nitrogens with zero attached hydrogens (tertiary/aromatic N) is 1. The Bertz CT molecular complexity index is 536. The molecule has 1 aliphatic rings. The van der Waals surface area contributed by atoms with Gasteiger partial charge < -0.3 is 19.5 Å². The first-order valence-electron chi connectivity index (χ1n) is 5.75. The fraction of sp³-hybridized carbons (Fsp3) is 0.385. The summed E-state index contributed by atoms with van der Waals surface area (Å²) in [5.41, 5.74) is 0.998. The van der Waals surface area contributed by atoms with E-state index >= 15 is 0 Å². The summed E-state index contributed by atoms with van der Waals surface area (Å²) in [6, 6.07) is 9.87. The third-order valence-corrected chi connectivity index (χ3v) is 3.38. The second-order valence-corrected chi connectivity index (χ2v) is 4.49. The van der Waals surface area contributed by atoms with Gasteiger partial charge in [0.05, 0.1) is 11.6 Å². The summed E-state index contributed by atoms with van der Waals surface area (Å²) in [6.45, 7) is 1.76. The lowest BCUT2D eigenvalue weighted by molar-refractivity contribution is -0.0293. The number of aromatic nitrogens is 1. The lowest BCUT2D eigenvalue weighted by Crippen LogP contribution is -2.30. The van der Waals surface area contributed by atoms with Crippen LogP contribution < -0.4 is 0 Å². The van der Waals surface area contributed by atoms with Gasteiger partial charge in [-0.3, -0.25) is 0 Å². The van der Waals surface area contributed by atoms with Crippen LogP contribution in [0.4, 0.5) is 0 Å². The smallest absolute Gasteiger partial charge is 0.163 e. The van der Waals surface area contributed by atoms with Crippen LogP contribution in [0.2, 0.25) is 0 Å². The summed E-state index contributed by atoms with van der Waals surface area (Å²) in [4.78, 5) is 0. The molecule has 1 aliphatic heterocycles. The monoisotopic (exact) mass is 233 g/mol. The normalized spacial score (nSPS) is 33.4. The molecule has 4 atom stereocenters. The summed E-state index contributed by atoms with van der Waals surface area (Å²) < 4.78 is 7.47. The minimum atomic E-state index is -0.888. The number of hydrogen-bond acceptors (Lipinski definition) is 3. The number of rotatable bonds is 1. The van der Waals surface area contributed by atoms with Crippen molar-refractivity contribution in [1.82, 2.24) is 4.57 Å². The number of ether oxygens (including phenoxy) is 1. The van der Waals surface area contributed by atoms with E-state index in [1.165, 1.54) is 0 Å². The fourth-order valence-electron chi connectivity index (χ4n) is 2.38. The van der Waals surface area contributed by atoms with Gasteiger partial charge >= 0.3 is 0 Å². The van der Waals surface area contributed by atoms with Crippen LogP contribution in [0, 0.1) is 0 Å². The minimum absolute atomic E-state index is 0.351. The lowest BCUT2D eigenvalue weighted by Gasteiger charge is -2.17. The number of hydrogen-bond donors (Lipinski definition) is 2. The SMILES string of the molecule is C[C@H]1O[C@@H](n2ccc3ccccc32)[C@H](O)[C@@H]1O. The zero-order chi connectivity index (χ0) is 12.0. The van der Waals surface area contributed by atoms with E-state index in [9.17, 15) is 10.2 Å². The van der Waals surface area contributed by atoms with Gasteiger partial charge in [0, 0.05) is 6.20 Å². The van der Waals surface area contributed by atoms with Crippen molar-refractivity contribution in [3.8, 4) is 0 Å². The summed E-state index contributed by atoms with van der Waals surface area (Å²) in [5, 5.41) is 20.8. The van der Waals surface area contributed by atoms with Crippen LogP contribution >= 0.6 is 0 Å². The van der Waals surface area contributed by atoms with E-state index in [2.05, 4.69) is 0 Å². The Hall–Kier alpha value is -1.36. The van der Waals surface area contributed by atoms with E-state index in [1.807, 2.05) is 41.1 Å². The van der Waals surface area contributed by atoms with Crippen LogP contribution in [0.25, 0.3) is 10.9 Å². The lowest BCUT2D eigenvalue weighted by atomic mass is 10.1. The van der Waals surface area contributed by atoms with Gasteiger partial charge in [-0.05, 0) is 24.4 Å². The number of aliphatic hydroxyl groups is 2. The number of aliphatic hydroxyl groups excluding tert-OH is 2. The molecule has 0 spiro atoms. The van der Waals surface area contributed by atoms with E-state index in [-0.39, 0.29) is 6.10 Å². The van der Waals surface area contributed by atoms with Crippen molar-refractivity contribution in [2.24, 2.45) is 0 Å². The molecule has 17 heavy (non-hydrogen) atoms. The van der Waals surface area contributed by atoms with Gasteiger partial charge in [0.15, 0.2) is 6.23 Å². The molecule has 1 aromatic carbocycles. The van der Waals surface area contributed by atoms with Gasteiger partial charge in [-0.25, -0.2) is 0 Å². The highest BCUT2D eigenvalue weighted by Gasteiger charge is 2.41. The molecule has 0 bridgehead atoms. The van der Waals surface area contributed by atoms with Crippen LogP contribution in [-0.2, 0) is 4.74 Å². The molecular weight excluding hydrogens is 218 g/mol. The Morgan fingerprint density at radius 1 is 1.12 bits per heavy atom. The summed E-state index contributed by atoms with van der Waals surface area (Å²) in [6.07, 6.45) is -0.707. The molecule has 2 heterocycles. The van der Waals surface area contributed by atoms with Crippen LogP contribution in [0.3, 0.4) is 0 Å². The topological polar surface area (TPSA) is 54.6 Å². The van der Waals surface area contributed by atoms with E-state index in [0.29, 0.717) is 0 Å². The van der Waals surface area contributed by atoms with E-state index in [4.69, 9.17) is 4.74 Å². The number of para-hydroxylation sites is 1. The highest BCUT2D eigenvalue weighted by molar-refractivity contribution is 5.80. The molecule has 0 saturated carbocycles. The van der Waals surface area contributed by atoms with E-state index in [1.54, 1.807) is 6.92 Å². The van der Waals surface area contributed by atoms with E-state index < -0.39 is 18.4 Å². The summed E-state index contributed by atoms with van der Waals surface area (Å²) >= 11 is 0. The van der Waals surface area contributed by atoms with Gasteiger partial charge in [-0.1, -0.05) is 18.2 Å². The second-order valence-electron chi connectivity index (χ2n) is 4.49. The van der Waals surface area contributed by atoms with Crippen molar-refractivity contribution >= 4 is 10.9 Å². The van der Waals surface area contributed by atoms with Gasteiger partial charge in [0.2, 0.25) is 0 Å². The van der Waals surface area contributed by atoms with Crippen molar-refractivity contribution in [2.75, 3.05) is 0 Å². The molecule has 0 aliphatic carbocycles. The zero-order valence-corrected chi connectivity index (χ0v) is 9.52. The first-order chi connectivity index (χ1) is 8.18. The molecule has 4 nitrogen and oxygen atoms in total. The molecule has 4 heteroatoms. The molecule has 0 unspecified atom stereocenters. The molecule has 0 radical (unpaired) electrons. The molecule has 2 aromatic rings. The molecule has 2 N–H and O–H groups in total. The molecule has 90 valence electrons. The van der Waals surface area contributed by atoms with Gasteiger partial charge in [0.25, 0.3) is 0 Å². The predicted molar refractivity (Wildman–Crippen MR) is 63.5 cm³/mol. The zero-order valence-electron chi connectivity index (χ0n) is 9.52. The largest absolute Gasteiger partial charge is 0.388 e. The van der Waals surface area contributed by atoms with Crippen LogP contribution in [0.5, 0.6) is 0 Å². The van der Waals surface area contributed by atoms with Gasteiger partial charge in [-0.15, -0.1) is 0 Å². The number of benzene rings is 1. The van der Waals surface area contributed by atoms with Gasteiger partial charge in [0.1, 0.15) is 12.2 Å². The van der Waals surface area contributed by atoms with Crippen molar-refractivity contribution in [3.05, 3.63) is 36.5 Å². The maximum atomic E-state index is 9.96. The Labute approximate surface area is 99.1 Å². The van der Waals surface area contributed by atoms with Crippen molar-refractivity contribution in [2.45, 2.75) is 31.5 Å². The van der Waals surface area contributed by atoms with Crippen molar-refractivity contribution < 1.29 is 14.9 Å². The Balaban J connectivity index is 2.05. The van der Waals surface area contributed by atoms with Crippen molar-refractivity contribution in [1.29, 1.82) is 0 Å². The first-order valence-corrected chi connectivity index (χ1v) is 5.75. The Morgan fingerprint density at radius 3 is 2.59 bits per heavy atom. The summed E-state index contributed by atoms with van der Waals surface area (Å²) in [7, 11) is 0. The van der Waals surface area contributed by atoms with E-state index in [0.717, 1.165) is 10.9 Å². The summed E-state index contributed by atoms with van der Waals surface area (Å²) in [5.74, 6) is 0. The van der Waals surface area contributed by atoms with Crippen molar-refractivity contribution in [3.63, 3.8) is 0 Å². The minimum Gasteiger partial charge on any atom is -0.388 e. The number of fused-ring (bicyclic) bond motifs is 1. The van der Waals surface area contributed by atoms with Crippen LogP contribution in [0.1, 0.15) is 13.2 Å². The standard InChI is InChI=1S/C13H15NO3/c1-8-11(15)12(16)13(17-8)14-7-6-9-4-2-3-5-10(9)14/h2-8,11-13,15-16H,1H3/t8-,11-,12-,13-/m1/s1. The maximum Gasteiger partial charge on any atom is 0.163 e. The molecule has 1 saturated heterocycles. The highest BCUT2D eigenvalue weighted by atomic mass is 16.6. The van der Waals surface area contributed by atoms with Crippen LogP contribution in [-0.4, -0.2) is 33.1 Å². The fourth-order valence-corrected chi connectivity index (χ4v) is 2.38. The Morgan fingerprint density at radius 2 is 1.88 bits per heavy atom. The predicted octanol–water partition coefficient (Wildman–Crippen LogP) is 1.28. The second kappa shape index (κ2) is 3.84. The highest BCUT2D eigenvalue weighted by Crippen LogP contribution is 2.32. The van der Waals surface area contributed by atoms with Crippen LogP contribution in [0.15, 0.2) is 36.5 Å². The third kappa shape index (κ3) is 1.57. The molecule has 1 aromatic heterocycles. The maximum absolute atomic E-state index is 9.96. The molecule has 0 amide bonds. The van der Waals surface area contributed by atoms with Gasteiger partial charge in [-0.2, -0.15) is 0 Å². The quantitative estimate of drug-likeness (QED) is 0.780. The molecule has 3 rings (SSSR count). The average molecular weight is 233 g/mol. The molecular formula is C13H15NO3.